The molecule has 0 aliphatic carbocycles. The molecule has 0 amide bonds. The standard InChI is InChI=1S/C19H27N3O/c20-15-17-4-3-5-18(14-17)16-22-8-2-1-6-19(22)7-9-21-10-12-23-13-11-21/h3-5,14,19H,1-2,6-13,16H2/t19-/m0/s1. The van der Waals surface area contributed by atoms with Crippen molar-refractivity contribution in [2.75, 3.05) is 39.4 Å². The highest BCUT2D eigenvalue weighted by Crippen LogP contribution is 2.22. The van der Waals surface area contributed by atoms with Gasteiger partial charge in [0.15, 0.2) is 0 Å². The molecule has 1 aromatic carbocycles. The summed E-state index contributed by atoms with van der Waals surface area (Å²) in [5, 5.41) is 9.07. The molecule has 2 saturated heterocycles. The van der Waals surface area contributed by atoms with E-state index in [2.05, 4.69) is 21.9 Å². The molecule has 23 heavy (non-hydrogen) atoms. The predicted octanol–water partition coefficient (Wildman–Crippen LogP) is 2.64. The van der Waals surface area contributed by atoms with E-state index in [-0.39, 0.29) is 0 Å². The molecule has 124 valence electrons. The number of morpholine rings is 1. The van der Waals surface area contributed by atoms with Crippen molar-refractivity contribution in [2.45, 2.75) is 38.3 Å². The average molecular weight is 313 g/mol. The van der Waals surface area contributed by atoms with E-state index in [0.29, 0.717) is 6.04 Å². The second-order valence-electron chi connectivity index (χ2n) is 6.67. The summed E-state index contributed by atoms with van der Waals surface area (Å²) in [6, 6.07) is 11.0. The molecule has 4 heteroatoms. The Balaban J connectivity index is 1.56. The molecule has 2 fully saturated rings. The van der Waals surface area contributed by atoms with Crippen LogP contribution in [0.25, 0.3) is 0 Å². The molecule has 1 aromatic rings. The lowest BCUT2D eigenvalue weighted by Crippen LogP contribution is -2.43. The molecule has 2 aliphatic heterocycles. The number of rotatable bonds is 5. The molecule has 1 atom stereocenters. The Labute approximate surface area is 139 Å². The summed E-state index contributed by atoms with van der Waals surface area (Å²) in [6.07, 6.45) is 5.20. The van der Waals surface area contributed by atoms with Gasteiger partial charge in [0.2, 0.25) is 0 Å². The third kappa shape index (κ3) is 4.78. The van der Waals surface area contributed by atoms with Crippen molar-refractivity contribution in [3.63, 3.8) is 0 Å². The molecule has 0 spiro atoms. The van der Waals surface area contributed by atoms with Gasteiger partial charge in [0.1, 0.15) is 0 Å². The van der Waals surface area contributed by atoms with Crippen LogP contribution in [0.4, 0.5) is 0 Å². The second-order valence-corrected chi connectivity index (χ2v) is 6.67. The maximum absolute atomic E-state index is 9.07. The van der Waals surface area contributed by atoms with Gasteiger partial charge in [-0.05, 0) is 50.0 Å². The van der Waals surface area contributed by atoms with Gasteiger partial charge in [-0.3, -0.25) is 9.80 Å². The zero-order chi connectivity index (χ0) is 15.9. The van der Waals surface area contributed by atoms with E-state index in [1.165, 1.54) is 44.3 Å². The van der Waals surface area contributed by atoms with E-state index in [9.17, 15) is 0 Å². The summed E-state index contributed by atoms with van der Waals surface area (Å²) in [5.74, 6) is 0. The smallest absolute Gasteiger partial charge is 0.0991 e. The van der Waals surface area contributed by atoms with E-state index < -0.39 is 0 Å². The minimum Gasteiger partial charge on any atom is -0.379 e. The predicted molar refractivity (Wildman–Crippen MR) is 91.1 cm³/mol. The van der Waals surface area contributed by atoms with Crippen LogP contribution in [0, 0.1) is 11.3 Å². The molecule has 0 saturated carbocycles. The minimum atomic E-state index is 0.678. The first-order valence-corrected chi connectivity index (χ1v) is 8.88. The van der Waals surface area contributed by atoms with Crippen LogP contribution in [0.2, 0.25) is 0 Å². The Hall–Kier alpha value is -1.41. The normalized spacial score (nSPS) is 23.5. The molecule has 4 nitrogen and oxygen atoms in total. The highest BCUT2D eigenvalue weighted by molar-refractivity contribution is 5.32. The average Bonchev–Trinajstić information content (AvgIpc) is 2.62. The maximum atomic E-state index is 9.07. The first kappa shape index (κ1) is 16.4. The molecule has 0 unspecified atom stereocenters. The van der Waals surface area contributed by atoms with Crippen LogP contribution in [-0.2, 0) is 11.3 Å². The van der Waals surface area contributed by atoms with Crippen LogP contribution in [0.1, 0.15) is 36.8 Å². The summed E-state index contributed by atoms with van der Waals surface area (Å²) in [6.45, 7) is 7.27. The number of hydrogen-bond donors (Lipinski definition) is 0. The van der Waals surface area contributed by atoms with E-state index in [1.807, 2.05) is 18.2 Å². The first-order chi connectivity index (χ1) is 11.3. The topological polar surface area (TPSA) is 39.5 Å². The summed E-state index contributed by atoms with van der Waals surface area (Å²) in [5.41, 5.74) is 2.03. The van der Waals surface area contributed by atoms with Crippen LogP contribution in [0.15, 0.2) is 24.3 Å². The molecule has 0 N–H and O–H groups in total. The van der Waals surface area contributed by atoms with E-state index >= 15 is 0 Å². The fraction of sp³-hybridized carbons (Fsp3) is 0.632. The third-order valence-electron chi connectivity index (χ3n) is 5.07. The Bertz CT molecular complexity index is 534. The lowest BCUT2D eigenvalue weighted by Gasteiger charge is -2.37. The Kier molecular flexibility index (Phi) is 6.04. The molecular weight excluding hydrogens is 286 g/mol. The SMILES string of the molecule is N#Cc1cccc(CN2CCCC[C@H]2CCN2CCOCC2)c1. The zero-order valence-corrected chi connectivity index (χ0v) is 13.9. The van der Waals surface area contributed by atoms with Gasteiger partial charge in [0.25, 0.3) is 0 Å². The summed E-state index contributed by atoms with van der Waals surface area (Å²) >= 11 is 0. The number of nitrogens with zero attached hydrogens (tertiary/aromatic N) is 3. The molecule has 3 rings (SSSR count). The van der Waals surface area contributed by atoms with Gasteiger partial charge in [-0.25, -0.2) is 0 Å². The molecule has 2 aliphatic rings. The molecule has 2 heterocycles. The number of ether oxygens (including phenoxy) is 1. The monoisotopic (exact) mass is 313 g/mol. The van der Waals surface area contributed by atoms with Gasteiger partial charge in [0.05, 0.1) is 24.8 Å². The fourth-order valence-electron chi connectivity index (χ4n) is 3.73. The van der Waals surface area contributed by atoms with Crippen molar-refractivity contribution in [1.29, 1.82) is 5.26 Å². The summed E-state index contributed by atoms with van der Waals surface area (Å²) < 4.78 is 5.44. The molecule has 0 radical (unpaired) electrons. The first-order valence-electron chi connectivity index (χ1n) is 8.88. The zero-order valence-electron chi connectivity index (χ0n) is 13.9. The van der Waals surface area contributed by atoms with E-state index in [1.54, 1.807) is 0 Å². The quantitative estimate of drug-likeness (QED) is 0.838. The van der Waals surface area contributed by atoms with Crippen LogP contribution in [0.5, 0.6) is 0 Å². The van der Waals surface area contributed by atoms with Gasteiger partial charge in [-0.2, -0.15) is 5.26 Å². The van der Waals surface area contributed by atoms with Crippen molar-refractivity contribution in [3.05, 3.63) is 35.4 Å². The molecule has 0 aromatic heterocycles. The second kappa shape index (κ2) is 8.44. The molecular formula is C19H27N3O. The van der Waals surface area contributed by atoms with Crippen LogP contribution < -0.4 is 0 Å². The van der Waals surface area contributed by atoms with Gasteiger partial charge >= 0.3 is 0 Å². The van der Waals surface area contributed by atoms with Gasteiger partial charge < -0.3 is 4.74 Å². The third-order valence-corrected chi connectivity index (χ3v) is 5.07. The van der Waals surface area contributed by atoms with E-state index in [4.69, 9.17) is 10.00 Å². The number of benzene rings is 1. The van der Waals surface area contributed by atoms with Crippen LogP contribution in [-0.4, -0.2) is 55.2 Å². The number of likely N-dealkylation sites (tertiary alicyclic amines) is 1. The number of piperidine rings is 1. The lowest BCUT2D eigenvalue weighted by molar-refractivity contribution is 0.0302. The molecule has 0 bridgehead atoms. The van der Waals surface area contributed by atoms with Crippen molar-refractivity contribution >= 4 is 0 Å². The van der Waals surface area contributed by atoms with Crippen LogP contribution in [0.3, 0.4) is 0 Å². The lowest BCUT2D eigenvalue weighted by atomic mass is 9.98. The number of hydrogen-bond acceptors (Lipinski definition) is 4. The van der Waals surface area contributed by atoms with Crippen LogP contribution >= 0.6 is 0 Å². The highest BCUT2D eigenvalue weighted by atomic mass is 16.5. The van der Waals surface area contributed by atoms with Crippen molar-refractivity contribution in [3.8, 4) is 6.07 Å². The van der Waals surface area contributed by atoms with Gasteiger partial charge in [-0.15, -0.1) is 0 Å². The maximum Gasteiger partial charge on any atom is 0.0991 e. The minimum absolute atomic E-state index is 0.678. The van der Waals surface area contributed by atoms with Crippen molar-refractivity contribution in [1.82, 2.24) is 9.80 Å². The number of nitriles is 1. The Morgan fingerprint density at radius 2 is 2.04 bits per heavy atom. The summed E-state index contributed by atoms with van der Waals surface area (Å²) in [7, 11) is 0. The van der Waals surface area contributed by atoms with Gasteiger partial charge in [-0.1, -0.05) is 18.6 Å². The van der Waals surface area contributed by atoms with E-state index in [0.717, 1.165) is 38.4 Å². The summed E-state index contributed by atoms with van der Waals surface area (Å²) in [4.78, 5) is 5.16. The fourth-order valence-corrected chi connectivity index (χ4v) is 3.73. The largest absolute Gasteiger partial charge is 0.379 e. The highest BCUT2D eigenvalue weighted by Gasteiger charge is 2.23. The Morgan fingerprint density at radius 1 is 1.17 bits per heavy atom. The van der Waals surface area contributed by atoms with Crippen molar-refractivity contribution < 1.29 is 4.74 Å². The van der Waals surface area contributed by atoms with Gasteiger partial charge in [0, 0.05) is 25.7 Å². The van der Waals surface area contributed by atoms with Crippen molar-refractivity contribution in [2.24, 2.45) is 0 Å². The Morgan fingerprint density at radius 3 is 2.87 bits per heavy atom.